The molecule has 1 saturated carbocycles. The molecule has 0 aromatic heterocycles. The second-order valence-electron chi connectivity index (χ2n) is 3.51. The zero-order chi connectivity index (χ0) is 9.73. The summed E-state index contributed by atoms with van der Waals surface area (Å²) in [5, 5.41) is 0. The van der Waals surface area contributed by atoms with Crippen LogP contribution in [0.5, 0.6) is 0 Å². The second-order valence-corrected chi connectivity index (χ2v) is 3.51. The average molecular weight is 186 g/mol. The summed E-state index contributed by atoms with van der Waals surface area (Å²) < 4.78 is 4.99. The first-order valence-electron chi connectivity index (χ1n) is 4.90. The molecule has 0 amide bonds. The fourth-order valence-electron chi connectivity index (χ4n) is 1.83. The third kappa shape index (κ3) is 2.19. The van der Waals surface area contributed by atoms with Crippen molar-refractivity contribution in [3.05, 3.63) is 0 Å². The molecular formula is C9H18N2O2. The van der Waals surface area contributed by atoms with Crippen LogP contribution < -0.4 is 11.3 Å². The molecule has 0 radical (unpaired) electrons. The highest BCUT2D eigenvalue weighted by Crippen LogP contribution is 2.28. The number of carbonyl (C=O) groups is 1. The van der Waals surface area contributed by atoms with Crippen molar-refractivity contribution in [3.8, 4) is 0 Å². The van der Waals surface area contributed by atoms with Gasteiger partial charge in [-0.1, -0.05) is 19.3 Å². The Labute approximate surface area is 78.8 Å². The molecule has 3 N–H and O–H groups in total. The first-order chi connectivity index (χ1) is 6.25. The van der Waals surface area contributed by atoms with Gasteiger partial charge >= 0.3 is 5.97 Å². The zero-order valence-electron chi connectivity index (χ0n) is 8.14. The Balaban J connectivity index is 2.61. The van der Waals surface area contributed by atoms with Crippen LogP contribution in [0.1, 0.15) is 39.0 Å². The lowest BCUT2D eigenvalue weighted by Crippen LogP contribution is -2.57. The van der Waals surface area contributed by atoms with Gasteiger partial charge in [0.1, 0.15) is 5.54 Å². The fraction of sp³-hybridized carbons (Fsp3) is 0.889. The molecule has 1 rings (SSSR count). The molecule has 0 aliphatic heterocycles. The molecule has 0 heterocycles. The number of rotatable bonds is 3. The van der Waals surface area contributed by atoms with Gasteiger partial charge in [-0.3, -0.25) is 5.84 Å². The van der Waals surface area contributed by atoms with E-state index in [1.165, 1.54) is 6.42 Å². The van der Waals surface area contributed by atoms with Crippen LogP contribution in [0.2, 0.25) is 0 Å². The van der Waals surface area contributed by atoms with E-state index in [9.17, 15) is 4.79 Å². The predicted octanol–water partition coefficient (Wildman–Crippen LogP) is 0.716. The molecular weight excluding hydrogens is 168 g/mol. The predicted molar refractivity (Wildman–Crippen MR) is 49.8 cm³/mol. The SMILES string of the molecule is CCOC(=O)C1(NN)CCCCC1. The van der Waals surface area contributed by atoms with E-state index in [-0.39, 0.29) is 5.97 Å². The number of carbonyl (C=O) groups excluding carboxylic acids is 1. The van der Waals surface area contributed by atoms with Crippen molar-refractivity contribution in [3.63, 3.8) is 0 Å². The Morgan fingerprint density at radius 2 is 2.08 bits per heavy atom. The van der Waals surface area contributed by atoms with Crippen LogP contribution in [0.25, 0.3) is 0 Å². The molecule has 4 heteroatoms. The van der Waals surface area contributed by atoms with Crippen LogP contribution in [0.3, 0.4) is 0 Å². The van der Waals surface area contributed by atoms with E-state index >= 15 is 0 Å². The molecule has 1 fully saturated rings. The van der Waals surface area contributed by atoms with Gasteiger partial charge < -0.3 is 4.74 Å². The number of hydrazine groups is 1. The van der Waals surface area contributed by atoms with Gasteiger partial charge in [0.25, 0.3) is 0 Å². The van der Waals surface area contributed by atoms with Crippen LogP contribution >= 0.6 is 0 Å². The van der Waals surface area contributed by atoms with E-state index in [0.717, 1.165) is 25.7 Å². The standard InChI is InChI=1S/C9H18N2O2/c1-2-13-8(12)9(11-10)6-4-3-5-7-9/h11H,2-7,10H2,1H3. The van der Waals surface area contributed by atoms with Gasteiger partial charge in [0, 0.05) is 0 Å². The van der Waals surface area contributed by atoms with E-state index in [2.05, 4.69) is 5.43 Å². The van der Waals surface area contributed by atoms with Gasteiger partial charge in [0.2, 0.25) is 0 Å². The van der Waals surface area contributed by atoms with Crippen molar-refractivity contribution in [2.24, 2.45) is 5.84 Å². The number of hydrogen-bond donors (Lipinski definition) is 2. The lowest BCUT2D eigenvalue weighted by atomic mass is 9.82. The van der Waals surface area contributed by atoms with E-state index in [0.29, 0.717) is 6.61 Å². The Hall–Kier alpha value is -0.610. The molecule has 0 atom stereocenters. The quantitative estimate of drug-likeness (QED) is 0.387. The summed E-state index contributed by atoms with van der Waals surface area (Å²) in [4.78, 5) is 11.6. The molecule has 4 nitrogen and oxygen atoms in total. The van der Waals surface area contributed by atoms with Gasteiger partial charge in [-0.25, -0.2) is 10.2 Å². The van der Waals surface area contributed by atoms with Crippen molar-refractivity contribution >= 4 is 5.97 Å². The highest BCUT2D eigenvalue weighted by Gasteiger charge is 2.39. The first-order valence-corrected chi connectivity index (χ1v) is 4.90. The average Bonchev–Trinajstić information content (AvgIpc) is 2.19. The van der Waals surface area contributed by atoms with Crippen LogP contribution in [-0.2, 0) is 9.53 Å². The largest absolute Gasteiger partial charge is 0.465 e. The minimum atomic E-state index is -0.603. The highest BCUT2D eigenvalue weighted by atomic mass is 16.5. The summed E-state index contributed by atoms with van der Waals surface area (Å²) in [6.45, 7) is 2.23. The van der Waals surface area contributed by atoms with E-state index < -0.39 is 5.54 Å². The van der Waals surface area contributed by atoms with Gasteiger partial charge in [-0.05, 0) is 19.8 Å². The summed E-state index contributed by atoms with van der Waals surface area (Å²) in [6.07, 6.45) is 4.86. The van der Waals surface area contributed by atoms with Gasteiger partial charge in [-0.15, -0.1) is 0 Å². The maximum absolute atomic E-state index is 11.6. The van der Waals surface area contributed by atoms with E-state index in [1.54, 1.807) is 0 Å². The number of nitrogens with one attached hydrogen (secondary N) is 1. The minimum Gasteiger partial charge on any atom is -0.465 e. The van der Waals surface area contributed by atoms with Gasteiger partial charge in [0.05, 0.1) is 6.61 Å². The Morgan fingerprint density at radius 1 is 1.46 bits per heavy atom. The smallest absolute Gasteiger partial charge is 0.327 e. The lowest BCUT2D eigenvalue weighted by Gasteiger charge is -2.33. The van der Waals surface area contributed by atoms with Crippen molar-refractivity contribution in [1.82, 2.24) is 5.43 Å². The van der Waals surface area contributed by atoms with Crippen molar-refractivity contribution in [2.45, 2.75) is 44.6 Å². The molecule has 0 aromatic carbocycles. The minimum absolute atomic E-state index is 0.197. The zero-order valence-corrected chi connectivity index (χ0v) is 8.14. The number of nitrogens with two attached hydrogens (primary N) is 1. The lowest BCUT2D eigenvalue weighted by molar-refractivity contribution is -0.152. The molecule has 0 aromatic rings. The summed E-state index contributed by atoms with van der Waals surface area (Å²) >= 11 is 0. The summed E-state index contributed by atoms with van der Waals surface area (Å²) in [7, 11) is 0. The topological polar surface area (TPSA) is 64.3 Å². The molecule has 0 unspecified atom stereocenters. The molecule has 0 bridgehead atoms. The number of ether oxygens (including phenoxy) is 1. The number of esters is 1. The number of hydrogen-bond acceptors (Lipinski definition) is 4. The Morgan fingerprint density at radius 3 is 2.54 bits per heavy atom. The monoisotopic (exact) mass is 186 g/mol. The van der Waals surface area contributed by atoms with Crippen LogP contribution in [0.15, 0.2) is 0 Å². The molecule has 1 aliphatic rings. The van der Waals surface area contributed by atoms with Crippen LogP contribution in [-0.4, -0.2) is 18.1 Å². The normalized spacial score (nSPS) is 21.1. The van der Waals surface area contributed by atoms with Crippen LogP contribution in [0, 0.1) is 0 Å². The summed E-state index contributed by atoms with van der Waals surface area (Å²) in [6, 6.07) is 0. The van der Waals surface area contributed by atoms with Crippen molar-refractivity contribution in [2.75, 3.05) is 6.61 Å². The third-order valence-electron chi connectivity index (χ3n) is 2.65. The molecule has 0 saturated heterocycles. The fourth-order valence-corrected chi connectivity index (χ4v) is 1.83. The second kappa shape index (κ2) is 4.58. The summed E-state index contributed by atoms with van der Waals surface area (Å²) in [5.41, 5.74) is 2.02. The highest BCUT2D eigenvalue weighted by molar-refractivity contribution is 5.80. The molecule has 13 heavy (non-hydrogen) atoms. The third-order valence-corrected chi connectivity index (χ3v) is 2.65. The van der Waals surface area contributed by atoms with Crippen molar-refractivity contribution in [1.29, 1.82) is 0 Å². The van der Waals surface area contributed by atoms with Crippen LogP contribution in [0.4, 0.5) is 0 Å². The van der Waals surface area contributed by atoms with Gasteiger partial charge in [0.15, 0.2) is 0 Å². The van der Waals surface area contributed by atoms with E-state index in [4.69, 9.17) is 10.6 Å². The maximum atomic E-state index is 11.6. The maximum Gasteiger partial charge on any atom is 0.327 e. The summed E-state index contributed by atoms with van der Waals surface area (Å²) in [5.74, 6) is 5.22. The molecule has 1 aliphatic carbocycles. The van der Waals surface area contributed by atoms with Crippen molar-refractivity contribution < 1.29 is 9.53 Å². The Bertz CT molecular complexity index is 176. The van der Waals surface area contributed by atoms with E-state index in [1.807, 2.05) is 6.92 Å². The Kier molecular flexibility index (Phi) is 3.69. The molecule has 76 valence electrons. The first kappa shape index (κ1) is 10.5. The van der Waals surface area contributed by atoms with Gasteiger partial charge in [-0.2, -0.15) is 0 Å². The molecule has 0 spiro atoms.